The largest absolute Gasteiger partial charge is 0.493 e. The Morgan fingerprint density at radius 3 is 1.55 bits per heavy atom. The van der Waals surface area contributed by atoms with Gasteiger partial charge >= 0.3 is 24.1 Å². The van der Waals surface area contributed by atoms with E-state index in [1.807, 2.05) is 0 Å². The minimum atomic E-state index is -2.04. The summed E-state index contributed by atoms with van der Waals surface area (Å²) in [6, 6.07) is 12.0. The summed E-state index contributed by atoms with van der Waals surface area (Å²) in [6.07, 6.45) is -21.8. The van der Waals surface area contributed by atoms with Gasteiger partial charge in [0.2, 0.25) is 12.6 Å². The second-order valence-electron chi connectivity index (χ2n) is 25.0. The van der Waals surface area contributed by atoms with Gasteiger partial charge in [-0.2, -0.15) is 0 Å². The first-order valence-electron chi connectivity index (χ1n) is 32.8. The number of unbranched alkanes of at least 4 members (excludes halogenated alkanes) is 2. The molecule has 13 atom stereocenters. The summed E-state index contributed by atoms with van der Waals surface area (Å²) in [4.78, 5) is 118. The minimum Gasteiger partial charge on any atom is -0.493 e. The van der Waals surface area contributed by atoms with E-state index in [2.05, 4.69) is 28.6 Å². The Labute approximate surface area is 592 Å². The van der Waals surface area contributed by atoms with E-state index in [-0.39, 0.29) is 145 Å². The number of methoxy groups -OCH3 is 3. The lowest BCUT2D eigenvalue weighted by Gasteiger charge is -2.38. The molecule has 4 saturated heterocycles. The number of anilines is 2. The van der Waals surface area contributed by atoms with Crippen LogP contribution in [0.25, 0.3) is 0 Å². The summed E-state index contributed by atoms with van der Waals surface area (Å²) >= 11 is 0. The highest BCUT2D eigenvalue weighted by atomic mass is 16.7. The number of carboxylic acids is 2. The van der Waals surface area contributed by atoms with Crippen LogP contribution in [0, 0.1) is 0 Å². The number of nitrogens with zero attached hydrogens (tertiary/aromatic N) is 4. The van der Waals surface area contributed by atoms with Gasteiger partial charge in [-0.3, -0.25) is 24.1 Å². The third-order valence-corrected chi connectivity index (χ3v) is 18.0. The molecule has 13 N–H and O–H groups in total. The molecule has 4 fully saturated rings. The molecule has 0 saturated carbocycles. The summed E-state index contributed by atoms with van der Waals surface area (Å²) in [5.41, 5.74) is 1.35. The topological polar surface area (TPSA) is 492 Å². The lowest BCUT2D eigenvalue weighted by Crippen LogP contribution is -2.61. The number of rotatable bonds is 28. The van der Waals surface area contributed by atoms with E-state index < -0.39 is 141 Å². The summed E-state index contributed by atoms with van der Waals surface area (Å²) < 4.78 is 62.7. The van der Waals surface area contributed by atoms with Gasteiger partial charge in [-0.15, -0.1) is 0 Å². The number of aliphatic hydroxyl groups excluding tert-OH is 7. The van der Waals surface area contributed by atoms with Crippen molar-refractivity contribution in [3.05, 3.63) is 118 Å². The number of ether oxygens (including phenoxy) is 11. The van der Waals surface area contributed by atoms with Crippen LogP contribution < -0.4 is 54.8 Å². The van der Waals surface area contributed by atoms with Crippen LogP contribution in [0.3, 0.4) is 0 Å². The van der Waals surface area contributed by atoms with E-state index in [4.69, 9.17) is 58.0 Å². The maximum absolute atomic E-state index is 14.5. The molecule has 0 radical (unpaired) electrons. The molecule has 0 spiro atoms. The fraction of sp³-hybridized carbons (Fsp3) is 0.471. The molecule has 0 aromatic heterocycles. The van der Waals surface area contributed by atoms with Crippen LogP contribution in [0.5, 0.6) is 34.5 Å². The number of amides is 6. The maximum atomic E-state index is 14.5. The number of aliphatic hydroxyl groups is 7. The quantitative estimate of drug-likeness (QED) is 0.0203. The molecule has 36 heteroatoms. The second kappa shape index (κ2) is 33.7. The van der Waals surface area contributed by atoms with Gasteiger partial charge in [0.1, 0.15) is 61.3 Å². The zero-order valence-corrected chi connectivity index (χ0v) is 56.6. The first-order valence-corrected chi connectivity index (χ1v) is 32.8. The smallest absolute Gasteiger partial charge is 0.416 e. The number of carbonyl (C=O) groups is 8. The number of carbonyl (C=O) groups excluding carboxylic acids is 6. The van der Waals surface area contributed by atoms with Crippen molar-refractivity contribution in [1.29, 1.82) is 0 Å². The Morgan fingerprint density at radius 1 is 0.558 bits per heavy atom. The zero-order chi connectivity index (χ0) is 75.0. The van der Waals surface area contributed by atoms with Crippen molar-refractivity contribution < 1.29 is 141 Å². The van der Waals surface area contributed by atoms with Crippen molar-refractivity contribution in [2.24, 2.45) is 5.90 Å². The van der Waals surface area contributed by atoms with Crippen molar-refractivity contribution in [1.82, 2.24) is 20.4 Å². The van der Waals surface area contributed by atoms with Crippen molar-refractivity contribution in [2.45, 2.75) is 125 Å². The minimum absolute atomic E-state index is 0.0321. The van der Waals surface area contributed by atoms with Gasteiger partial charge in [-0.25, -0.2) is 30.0 Å². The Kier molecular flexibility index (Phi) is 24.8. The fourth-order valence-electron chi connectivity index (χ4n) is 12.6. The Bertz CT molecular complexity index is 3920. The Hall–Kier alpha value is -9.96. The molecule has 6 aliphatic rings. The standard InChI is InChI=1S/C68H81N7O29/c1-32-19-36-29-74(67(91)98-30-34-9-11-44(39(21-34)58(82)70-13-17-93-3)101-65-54(80)50(76)52(78)56(103-65)63(87)88)41-25-48(46(94-4)23-37(41)60(84)72(36)27-32)96-15-7-6-8-16-97-49-26-42-38(24-47(49)95-5)61(85)73-28-33(2)20-43(73)62(86)75(42)68(92)99-31-35-10-12-45(40(22-35)59(83)71-14-18-100-69)102-66-55(81)51(77)53(79)57(104-66)64(89)90/h9-12,21-26,36,43,50-57,62,65-66,76-81,86H,1-2,6-8,13-20,27-31,69H2,3-5H3,(H,70,82)(H,71,83)(H,87,88)(H,89,90)/t36-,43-,50-,51-,52-,53-,54+,55+,56-,57-,62?,65+,66+/m0/s1. The molecule has 6 amide bonds. The van der Waals surface area contributed by atoms with E-state index in [0.717, 1.165) is 10.5 Å². The van der Waals surface area contributed by atoms with Gasteiger partial charge < -0.3 is 123 Å². The van der Waals surface area contributed by atoms with E-state index >= 15 is 0 Å². The maximum Gasteiger partial charge on any atom is 0.416 e. The van der Waals surface area contributed by atoms with Gasteiger partial charge in [0, 0.05) is 45.4 Å². The Morgan fingerprint density at radius 2 is 1.04 bits per heavy atom. The third-order valence-electron chi connectivity index (χ3n) is 18.0. The van der Waals surface area contributed by atoms with Gasteiger partial charge in [-0.05, 0) is 79.6 Å². The predicted molar refractivity (Wildman–Crippen MR) is 354 cm³/mol. The molecule has 6 heterocycles. The highest BCUT2D eigenvalue weighted by molar-refractivity contribution is 6.07. The third kappa shape index (κ3) is 16.7. The summed E-state index contributed by atoms with van der Waals surface area (Å²) in [5, 5.41) is 99.1. The molecular weight excluding hydrogens is 1380 g/mol. The zero-order valence-electron chi connectivity index (χ0n) is 56.6. The van der Waals surface area contributed by atoms with Crippen molar-refractivity contribution in [2.75, 3.05) is 90.3 Å². The lowest BCUT2D eigenvalue weighted by atomic mass is 9.99. The van der Waals surface area contributed by atoms with Gasteiger partial charge in [-0.1, -0.05) is 36.4 Å². The van der Waals surface area contributed by atoms with E-state index in [9.17, 15) is 84.3 Å². The van der Waals surface area contributed by atoms with Crippen molar-refractivity contribution >= 4 is 59.1 Å². The number of hydrogen-bond donors (Lipinski definition) is 12. The number of nitrogens with two attached hydrogens (primary N) is 1. The molecule has 562 valence electrons. The number of aliphatic carboxylic acids is 2. The van der Waals surface area contributed by atoms with Gasteiger partial charge in [0.15, 0.2) is 41.4 Å². The SMILES string of the molecule is C=C1C[C@H]2CN(C(=O)OCc3ccc(O[C@@H]4O[C@H](C(=O)O)[C@@H](O)[C@H](O)[C@H]4O)c(C(=O)NCCOC)c3)c3cc(OCCCCCOc4cc5c(cc4OC)C(=O)N4CC(=C)C[C@H]4C(O)N5C(=O)OCc4ccc(O[C@@H]5O[C@H](C(=O)O)[C@@H](O)[C@H](O)[C@H]5O)c(C(=O)NCCON)c4)c(OC)cc3C(=O)N2C1. The number of carboxylic acid groups (broad SMARTS) is 2. The number of benzene rings is 4. The highest BCUT2D eigenvalue weighted by Crippen LogP contribution is 2.44. The summed E-state index contributed by atoms with van der Waals surface area (Å²) in [6.45, 7) is 7.35. The molecular formula is C68H81N7O29. The fourth-order valence-corrected chi connectivity index (χ4v) is 12.6. The monoisotopic (exact) mass is 1460 g/mol. The Balaban J connectivity index is 0.815. The molecule has 10 rings (SSSR count). The van der Waals surface area contributed by atoms with Crippen LogP contribution >= 0.6 is 0 Å². The van der Waals surface area contributed by atoms with E-state index in [1.165, 1.54) is 91.8 Å². The molecule has 6 aliphatic heterocycles. The molecule has 0 bridgehead atoms. The molecule has 104 heavy (non-hydrogen) atoms. The van der Waals surface area contributed by atoms with Gasteiger partial charge in [0.05, 0.1) is 92.9 Å². The van der Waals surface area contributed by atoms with Crippen LogP contribution in [0.2, 0.25) is 0 Å². The second-order valence-corrected chi connectivity index (χ2v) is 25.0. The van der Waals surface area contributed by atoms with E-state index in [0.29, 0.717) is 31.3 Å². The van der Waals surface area contributed by atoms with Gasteiger partial charge in [0.25, 0.3) is 23.6 Å². The van der Waals surface area contributed by atoms with E-state index in [1.54, 1.807) is 4.90 Å². The summed E-state index contributed by atoms with van der Waals surface area (Å²) in [7, 11) is 4.15. The van der Waals surface area contributed by atoms with Crippen LogP contribution in [0.1, 0.15) is 84.7 Å². The average Bonchev–Trinajstić information content (AvgIpc) is 1.58. The summed E-state index contributed by atoms with van der Waals surface area (Å²) in [5.74, 6) is -0.761. The average molecular weight is 1460 g/mol. The van der Waals surface area contributed by atoms with Crippen LogP contribution in [0.4, 0.5) is 21.0 Å². The van der Waals surface area contributed by atoms with Crippen molar-refractivity contribution in [3.63, 3.8) is 0 Å². The molecule has 4 aromatic carbocycles. The first-order chi connectivity index (χ1) is 49.8. The molecule has 1 unspecified atom stereocenters. The lowest BCUT2D eigenvalue weighted by molar-refractivity contribution is -0.271. The van der Waals surface area contributed by atoms with Crippen molar-refractivity contribution in [3.8, 4) is 34.5 Å². The molecule has 4 aromatic rings. The number of hydrogen-bond acceptors (Lipinski definition) is 28. The molecule has 0 aliphatic carbocycles. The van der Waals surface area contributed by atoms with Crippen LogP contribution in [0.15, 0.2) is 85.0 Å². The highest BCUT2D eigenvalue weighted by Gasteiger charge is 2.51. The normalized spacial score (nSPS) is 24.9. The number of fused-ring (bicyclic) bond motifs is 4. The predicted octanol–water partition coefficient (Wildman–Crippen LogP) is 0.0436. The first kappa shape index (κ1) is 76.7. The molecule has 36 nitrogen and oxygen atoms in total. The van der Waals surface area contributed by atoms with Crippen LogP contribution in [-0.2, 0) is 51.3 Å². The number of nitrogens with one attached hydrogen (secondary N) is 2. The van der Waals surface area contributed by atoms with Crippen LogP contribution in [-0.4, -0.2) is 264 Å².